The third-order valence-electron chi connectivity index (χ3n) is 5.31. The monoisotopic (exact) mass is 332 g/mol. The Balaban J connectivity index is 1.65. The number of hydrogen-bond donors (Lipinski definition) is 1. The molecule has 0 radical (unpaired) electrons. The van der Waals surface area contributed by atoms with Crippen molar-refractivity contribution in [1.29, 1.82) is 0 Å². The summed E-state index contributed by atoms with van der Waals surface area (Å²) in [6, 6.07) is 0. The van der Waals surface area contributed by atoms with Gasteiger partial charge in [-0.1, -0.05) is 0 Å². The standard InChI is InChI=1S/C18H28N4O2/c1-15-10-20-16(11-19-15)12-22-14-18(6-4-17(22)24)5-2-7-21(13-18)8-3-9-23/h10-11,23H,2-9,12-14H2,1H3/t18-/m0/s1. The van der Waals surface area contributed by atoms with Crippen LogP contribution in [-0.2, 0) is 11.3 Å². The molecule has 0 aromatic carbocycles. The number of carbonyl (C=O) groups is 1. The maximum Gasteiger partial charge on any atom is 0.222 e. The van der Waals surface area contributed by atoms with Crippen molar-refractivity contribution in [2.24, 2.45) is 5.41 Å². The highest BCUT2D eigenvalue weighted by Gasteiger charge is 2.41. The second kappa shape index (κ2) is 7.57. The molecule has 6 nitrogen and oxygen atoms in total. The first-order valence-corrected chi connectivity index (χ1v) is 8.99. The summed E-state index contributed by atoms with van der Waals surface area (Å²) < 4.78 is 0. The van der Waals surface area contributed by atoms with Crippen molar-refractivity contribution in [3.63, 3.8) is 0 Å². The summed E-state index contributed by atoms with van der Waals surface area (Å²) in [6.45, 7) is 6.65. The van der Waals surface area contributed by atoms with Gasteiger partial charge in [0.1, 0.15) is 0 Å². The molecule has 132 valence electrons. The molecular formula is C18H28N4O2. The van der Waals surface area contributed by atoms with Crippen molar-refractivity contribution in [2.75, 3.05) is 32.8 Å². The Morgan fingerprint density at radius 2 is 2.12 bits per heavy atom. The molecule has 0 bridgehead atoms. The zero-order chi connectivity index (χ0) is 17.0. The van der Waals surface area contributed by atoms with Gasteiger partial charge in [0.2, 0.25) is 5.91 Å². The molecule has 24 heavy (non-hydrogen) atoms. The molecule has 2 aliphatic heterocycles. The lowest BCUT2D eigenvalue weighted by Crippen LogP contribution is -2.53. The molecule has 2 saturated heterocycles. The molecule has 0 saturated carbocycles. The number of hydrogen-bond acceptors (Lipinski definition) is 5. The van der Waals surface area contributed by atoms with Gasteiger partial charge in [0.05, 0.1) is 24.1 Å². The summed E-state index contributed by atoms with van der Waals surface area (Å²) in [4.78, 5) is 25.5. The minimum absolute atomic E-state index is 0.208. The lowest BCUT2D eigenvalue weighted by atomic mass is 9.73. The highest BCUT2D eigenvalue weighted by molar-refractivity contribution is 5.77. The highest BCUT2D eigenvalue weighted by Crippen LogP contribution is 2.39. The number of rotatable bonds is 5. The number of aliphatic hydroxyl groups excluding tert-OH is 1. The van der Waals surface area contributed by atoms with Gasteiger partial charge in [-0.25, -0.2) is 0 Å². The Kier molecular flexibility index (Phi) is 5.46. The molecule has 0 unspecified atom stereocenters. The van der Waals surface area contributed by atoms with Gasteiger partial charge in [0.25, 0.3) is 0 Å². The minimum Gasteiger partial charge on any atom is -0.396 e. The lowest BCUT2D eigenvalue weighted by molar-refractivity contribution is -0.140. The molecule has 1 spiro atoms. The number of aliphatic hydroxyl groups is 1. The fourth-order valence-corrected chi connectivity index (χ4v) is 4.07. The van der Waals surface area contributed by atoms with Crippen molar-refractivity contribution < 1.29 is 9.90 Å². The maximum absolute atomic E-state index is 12.4. The predicted octanol–water partition coefficient (Wildman–Crippen LogP) is 1.37. The van der Waals surface area contributed by atoms with Crippen LogP contribution in [0.15, 0.2) is 12.4 Å². The minimum atomic E-state index is 0.208. The van der Waals surface area contributed by atoms with Crippen LogP contribution in [0, 0.1) is 12.3 Å². The van der Waals surface area contributed by atoms with Gasteiger partial charge in [-0.2, -0.15) is 0 Å². The van der Waals surface area contributed by atoms with E-state index in [0.29, 0.717) is 13.0 Å². The number of likely N-dealkylation sites (tertiary alicyclic amines) is 2. The molecule has 3 rings (SSSR count). The van der Waals surface area contributed by atoms with E-state index in [-0.39, 0.29) is 17.9 Å². The molecule has 6 heteroatoms. The highest BCUT2D eigenvalue weighted by atomic mass is 16.3. The van der Waals surface area contributed by atoms with Crippen LogP contribution in [0.25, 0.3) is 0 Å². The van der Waals surface area contributed by atoms with Crippen LogP contribution < -0.4 is 0 Å². The molecule has 2 fully saturated rings. The summed E-state index contributed by atoms with van der Waals surface area (Å²) in [6.07, 6.45) is 8.35. The fourth-order valence-electron chi connectivity index (χ4n) is 4.07. The summed E-state index contributed by atoms with van der Waals surface area (Å²) in [5.74, 6) is 0.232. The smallest absolute Gasteiger partial charge is 0.222 e. The fraction of sp³-hybridized carbons (Fsp3) is 0.722. The molecule has 1 amide bonds. The Bertz CT molecular complexity index is 563. The van der Waals surface area contributed by atoms with Crippen LogP contribution in [0.2, 0.25) is 0 Å². The number of aromatic nitrogens is 2. The van der Waals surface area contributed by atoms with Crippen molar-refractivity contribution in [1.82, 2.24) is 19.8 Å². The van der Waals surface area contributed by atoms with E-state index in [1.165, 1.54) is 12.8 Å². The Labute approximate surface area is 143 Å². The predicted molar refractivity (Wildman–Crippen MR) is 91.2 cm³/mol. The number of nitrogens with zero attached hydrogens (tertiary/aromatic N) is 4. The molecule has 3 heterocycles. The van der Waals surface area contributed by atoms with Gasteiger partial charge in [-0.15, -0.1) is 0 Å². The average Bonchev–Trinajstić information content (AvgIpc) is 2.59. The van der Waals surface area contributed by atoms with Crippen molar-refractivity contribution in [3.8, 4) is 0 Å². The van der Waals surface area contributed by atoms with Crippen molar-refractivity contribution in [2.45, 2.75) is 45.6 Å². The topological polar surface area (TPSA) is 69.6 Å². The van der Waals surface area contributed by atoms with Crippen LogP contribution in [0.5, 0.6) is 0 Å². The zero-order valence-electron chi connectivity index (χ0n) is 14.6. The SMILES string of the molecule is Cc1cnc(CN2C[C@@]3(CCCN(CCCO)C3)CCC2=O)cn1. The molecule has 1 aromatic heterocycles. The molecule has 1 aromatic rings. The van der Waals surface area contributed by atoms with E-state index in [4.69, 9.17) is 5.11 Å². The number of amides is 1. The number of carbonyl (C=O) groups excluding carboxylic acids is 1. The van der Waals surface area contributed by atoms with Gasteiger partial charge >= 0.3 is 0 Å². The first-order chi connectivity index (χ1) is 11.6. The van der Waals surface area contributed by atoms with E-state index in [2.05, 4.69) is 14.9 Å². The van der Waals surface area contributed by atoms with Crippen molar-refractivity contribution in [3.05, 3.63) is 23.8 Å². The second-order valence-electron chi connectivity index (χ2n) is 7.36. The van der Waals surface area contributed by atoms with Gasteiger partial charge in [0, 0.05) is 44.3 Å². The first-order valence-electron chi connectivity index (χ1n) is 8.99. The zero-order valence-corrected chi connectivity index (χ0v) is 14.6. The van der Waals surface area contributed by atoms with E-state index in [9.17, 15) is 4.79 Å². The number of piperidine rings is 2. The second-order valence-corrected chi connectivity index (χ2v) is 7.36. The van der Waals surface area contributed by atoms with E-state index in [1.54, 1.807) is 12.4 Å². The van der Waals surface area contributed by atoms with Gasteiger partial charge < -0.3 is 14.9 Å². The quantitative estimate of drug-likeness (QED) is 0.882. The van der Waals surface area contributed by atoms with Gasteiger partial charge in [-0.3, -0.25) is 14.8 Å². The van der Waals surface area contributed by atoms with E-state index < -0.39 is 0 Å². The molecule has 0 aliphatic carbocycles. The number of aryl methyl sites for hydroxylation is 1. The lowest BCUT2D eigenvalue weighted by Gasteiger charge is -2.48. The normalized spacial score (nSPS) is 25.4. The molecular weight excluding hydrogens is 304 g/mol. The Morgan fingerprint density at radius 1 is 1.25 bits per heavy atom. The Morgan fingerprint density at radius 3 is 2.88 bits per heavy atom. The molecule has 1 N–H and O–H groups in total. The molecule has 2 aliphatic rings. The van der Waals surface area contributed by atoms with Crippen LogP contribution >= 0.6 is 0 Å². The summed E-state index contributed by atoms with van der Waals surface area (Å²) in [5.41, 5.74) is 1.96. The molecule has 1 atom stereocenters. The van der Waals surface area contributed by atoms with Gasteiger partial charge in [0.15, 0.2) is 0 Å². The first kappa shape index (κ1) is 17.3. The average molecular weight is 332 g/mol. The van der Waals surface area contributed by atoms with Crippen LogP contribution in [0.4, 0.5) is 0 Å². The summed E-state index contributed by atoms with van der Waals surface area (Å²) in [5, 5.41) is 9.07. The Hall–Kier alpha value is -1.53. The summed E-state index contributed by atoms with van der Waals surface area (Å²) >= 11 is 0. The van der Waals surface area contributed by atoms with E-state index in [1.807, 2.05) is 11.8 Å². The van der Waals surface area contributed by atoms with Gasteiger partial charge in [-0.05, 0) is 39.2 Å². The third-order valence-corrected chi connectivity index (χ3v) is 5.31. The van der Waals surface area contributed by atoms with E-state index in [0.717, 1.165) is 50.4 Å². The van der Waals surface area contributed by atoms with Crippen LogP contribution in [0.3, 0.4) is 0 Å². The maximum atomic E-state index is 12.4. The third kappa shape index (κ3) is 4.11. The van der Waals surface area contributed by atoms with Crippen LogP contribution in [0.1, 0.15) is 43.5 Å². The van der Waals surface area contributed by atoms with Crippen molar-refractivity contribution >= 4 is 5.91 Å². The van der Waals surface area contributed by atoms with E-state index >= 15 is 0 Å². The summed E-state index contributed by atoms with van der Waals surface area (Å²) in [7, 11) is 0. The van der Waals surface area contributed by atoms with Crippen LogP contribution in [-0.4, -0.2) is 63.6 Å². The largest absolute Gasteiger partial charge is 0.396 e.